The molecular formula is C20H23N5O3S. The van der Waals surface area contributed by atoms with Crippen molar-refractivity contribution in [2.24, 2.45) is 0 Å². The largest absolute Gasteiger partial charge is 0.462 e. The Bertz CT molecular complexity index is 1020. The van der Waals surface area contributed by atoms with E-state index in [2.05, 4.69) is 20.5 Å². The molecule has 0 radical (unpaired) electrons. The molecular weight excluding hydrogens is 390 g/mol. The first-order valence-corrected chi connectivity index (χ1v) is 10.4. The molecule has 0 bridgehead atoms. The average Bonchev–Trinajstić information content (AvgIpc) is 3.10. The maximum atomic E-state index is 12.3. The third kappa shape index (κ3) is 5.32. The molecule has 1 amide bonds. The van der Waals surface area contributed by atoms with Gasteiger partial charge >= 0.3 is 5.97 Å². The fourth-order valence-electron chi connectivity index (χ4n) is 2.70. The standard InChI is InChI=1S/C20H23N5O3S/c1-4-5-10-28-18(27)15-6-8-16(9-7-15)22-17(26)12-29-20-24-23-19-21-13(2)11-14(3)25(19)20/h6-9,11H,4-5,10,12H2,1-3H3,(H,22,26). The Balaban J connectivity index is 1.55. The zero-order valence-corrected chi connectivity index (χ0v) is 17.5. The zero-order valence-electron chi connectivity index (χ0n) is 16.6. The van der Waals surface area contributed by atoms with Crippen LogP contribution in [0.15, 0.2) is 35.5 Å². The van der Waals surface area contributed by atoms with Crippen LogP contribution in [0.1, 0.15) is 41.5 Å². The topological polar surface area (TPSA) is 98.5 Å². The van der Waals surface area contributed by atoms with Gasteiger partial charge in [0.05, 0.1) is 17.9 Å². The van der Waals surface area contributed by atoms with Gasteiger partial charge in [0.1, 0.15) is 0 Å². The summed E-state index contributed by atoms with van der Waals surface area (Å²) in [5.74, 6) is 0.161. The van der Waals surface area contributed by atoms with E-state index in [9.17, 15) is 9.59 Å². The van der Waals surface area contributed by atoms with Crippen LogP contribution in [-0.4, -0.2) is 43.8 Å². The fourth-order valence-corrected chi connectivity index (χ4v) is 3.49. The van der Waals surface area contributed by atoms with Gasteiger partial charge in [0.25, 0.3) is 5.78 Å². The number of benzene rings is 1. The molecule has 0 spiro atoms. The molecule has 3 aromatic rings. The molecule has 0 aliphatic carbocycles. The molecule has 0 aliphatic rings. The number of carbonyl (C=O) groups excluding carboxylic acids is 2. The molecule has 8 nitrogen and oxygen atoms in total. The van der Waals surface area contributed by atoms with Crippen LogP contribution >= 0.6 is 11.8 Å². The van der Waals surface area contributed by atoms with Gasteiger partial charge in [-0.2, -0.15) is 0 Å². The first kappa shape index (κ1) is 20.8. The highest BCUT2D eigenvalue weighted by Crippen LogP contribution is 2.19. The summed E-state index contributed by atoms with van der Waals surface area (Å²) in [5.41, 5.74) is 2.90. The summed E-state index contributed by atoms with van der Waals surface area (Å²) in [7, 11) is 0. The summed E-state index contributed by atoms with van der Waals surface area (Å²) in [4.78, 5) is 28.5. The minimum absolute atomic E-state index is 0.176. The second kappa shape index (κ2) is 9.51. The summed E-state index contributed by atoms with van der Waals surface area (Å²) in [6.45, 7) is 6.30. The lowest BCUT2D eigenvalue weighted by molar-refractivity contribution is -0.113. The van der Waals surface area contributed by atoms with Crippen LogP contribution in [0.5, 0.6) is 0 Å². The van der Waals surface area contributed by atoms with Crippen molar-refractivity contribution in [1.82, 2.24) is 19.6 Å². The van der Waals surface area contributed by atoms with Gasteiger partial charge in [-0.3, -0.25) is 9.20 Å². The number of rotatable bonds is 8. The van der Waals surface area contributed by atoms with Gasteiger partial charge < -0.3 is 10.1 Å². The summed E-state index contributed by atoms with van der Waals surface area (Å²) < 4.78 is 6.99. The molecule has 9 heteroatoms. The van der Waals surface area contributed by atoms with E-state index in [1.54, 1.807) is 24.3 Å². The molecule has 29 heavy (non-hydrogen) atoms. The Morgan fingerprint density at radius 2 is 1.93 bits per heavy atom. The van der Waals surface area contributed by atoms with Crippen molar-refractivity contribution in [2.75, 3.05) is 17.7 Å². The molecule has 1 aromatic carbocycles. The number of fused-ring (bicyclic) bond motifs is 1. The molecule has 0 unspecified atom stereocenters. The molecule has 2 heterocycles. The van der Waals surface area contributed by atoms with Crippen molar-refractivity contribution >= 4 is 35.1 Å². The third-order valence-electron chi connectivity index (χ3n) is 4.13. The lowest BCUT2D eigenvalue weighted by atomic mass is 10.2. The molecule has 1 N–H and O–H groups in total. The SMILES string of the molecule is CCCCOC(=O)c1ccc(NC(=O)CSc2nnc3nc(C)cc(C)n23)cc1. The van der Waals surface area contributed by atoms with E-state index in [1.807, 2.05) is 31.2 Å². The minimum atomic E-state index is -0.357. The number of aryl methyl sites for hydroxylation is 2. The minimum Gasteiger partial charge on any atom is -0.462 e. The molecule has 3 rings (SSSR count). The third-order valence-corrected chi connectivity index (χ3v) is 5.06. The Morgan fingerprint density at radius 1 is 1.17 bits per heavy atom. The van der Waals surface area contributed by atoms with E-state index in [0.717, 1.165) is 24.2 Å². The van der Waals surface area contributed by atoms with Crippen LogP contribution in [0.3, 0.4) is 0 Å². The van der Waals surface area contributed by atoms with Crippen molar-refractivity contribution < 1.29 is 14.3 Å². The number of anilines is 1. The number of thioether (sulfide) groups is 1. The van der Waals surface area contributed by atoms with Crippen molar-refractivity contribution in [2.45, 2.75) is 38.8 Å². The van der Waals surface area contributed by atoms with E-state index in [-0.39, 0.29) is 17.6 Å². The van der Waals surface area contributed by atoms with Gasteiger partial charge in [-0.05, 0) is 50.6 Å². The maximum absolute atomic E-state index is 12.3. The van der Waals surface area contributed by atoms with Crippen molar-refractivity contribution in [1.29, 1.82) is 0 Å². The highest BCUT2D eigenvalue weighted by atomic mass is 32.2. The number of carbonyl (C=O) groups is 2. The van der Waals surface area contributed by atoms with Crippen molar-refractivity contribution in [3.63, 3.8) is 0 Å². The first-order chi connectivity index (χ1) is 14.0. The van der Waals surface area contributed by atoms with Crippen LogP contribution in [0.25, 0.3) is 5.78 Å². The molecule has 2 aromatic heterocycles. The molecule has 0 fully saturated rings. The number of hydrogen-bond acceptors (Lipinski definition) is 7. The van der Waals surface area contributed by atoms with E-state index in [4.69, 9.17) is 4.74 Å². The van der Waals surface area contributed by atoms with Crippen LogP contribution in [0.2, 0.25) is 0 Å². The Hall–Kier alpha value is -2.94. The number of hydrogen-bond donors (Lipinski definition) is 1. The quantitative estimate of drug-likeness (QED) is 0.343. The smallest absolute Gasteiger partial charge is 0.338 e. The second-order valence-corrected chi connectivity index (χ2v) is 7.50. The Labute approximate surface area is 173 Å². The number of nitrogens with one attached hydrogen (secondary N) is 1. The zero-order chi connectivity index (χ0) is 20.8. The van der Waals surface area contributed by atoms with Gasteiger partial charge in [-0.25, -0.2) is 9.78 Å². The lowest BCUT2D eigenvalue weighted by Crippen LogP contribution is -2.14. The Morgan fingerprint density at radius 3 is 2.66 bits per heavy atom. The number of amides is 1. The lowest BCUT2D eigenvalue weighted by Gasteiger charge is -2.07. The average molecular weight is 414 g/mol. The second-order valence-electron chi connectivity index (χ2n) is 6.56. The van der Waals surface area contributed by atoms with Gasteiger partial charge in [0.15, 0.2) is 5.16 Å². The number of nitrogens with zero attached hydrogens (tertiary/aromatic N) is 4. The molecule has 0 saturated heterocycles. The van der Waals surface area contributed by atoms with E-state index >= 15 is 0 Å². The fraction of sp³-hybridized carbons (Fsp3) is 0.350. The number of esters is 1. The number of unbranched alkanes of at least 4 members (excludes halogenated alkanes) is 1. The Kier molecular flexibility index (Phi) is 6.82. The monoisotopic (exact) mass is 413 g/mol. The molecule has 0 saturated carbocycles. The van der Waals surface area contributed by atoms with E-state index < -0.39 is 0 Å². The van der Waals surface area contributed by atoms with Crippen LogP contribution in [-0.2, 0) is 9.53 Å². The highest BCUT2D eigenvalue weighted by Gasteiger charge is 2.13. The first-order valence-electron chi connectivity index (χ1n) is 9.37. The predicted octanol–water partition coefficient (Wildman–Crippen LogP) is 3.43. The highest BCUT2D eigenvalue weighted by molar-refractivity contribution is 7.99. The van der Waals surface area contributed by atoms with Crippen LogP contribution < -0.4 is 5.32 Å². The summed E-state index contributed by atoms with van der Waals surface area (Å²) >= 11 is 1.29. The predicted molar refractivity (Wildman–Crippen MR) is 111 cm³/mol. The van der Waals surface area contributed by atoms with Gasteiger partial charge in [0.2, 0.25) is 5.91 Å². The molecule has 152 valence electrons. The van der Waals surface area contributed by atoms with Gasteiger partial charge in [-0.1, -0.05) is 25.1 Å². The van der Waals surface area contributed by atoms with Crippen molar-refractivity contribution in [3.05, 3.63) is 47.3 Å². The molecule has 0 aliphatic heterocycles. The van der Waals surface area contributed by atoms with Crippen molar-refractivity contribution in [3.8, 4) is 0 Å². The number of ether oxygens (including phenoxy) is 1. The van der Waals surface area contributed by atoms with E-state index in [1.165, 1.54) is 11.8 Å². The van der Waals surface area contributed by atoms with Gasteiger partial charge in [0, 0.05) is 17.1 Å². The normalized spacial score (nSPS) is 10.9. The number of aromatic nitrogens is 4. The maximum Gasteiger partial charge on any atom is 0.338 e. The van der Waals surface area contributed by atoms with E-state index in [0.29, 0.717) is 28.8 Å². The molecule has 0 atom stereocenters. The van der Waals surface area contributed by atoms with Gasteiger partial charge in [-0.15, -0.1) is 10.2 Å². The summed E-state index contributed by atoms with van der Waals surface area (Å²) in [6, 6.07) is 8.58. The van der Waals surface area contributed by atoms with Crippen LogP contribution in [0, 0.1) is 13.8 Å². The summed E-state index contributed by atoms with van der Waals surface area (Å²) in [6.07, 6.45) is 1.81. The van der Waals surface area contributed by atoms with Crippen LogP contribution in [0.4, 0.5) is 5.69 Å². The summed E-state index contributed by atoms with van der Waals surface area (Å²) in [5, 5.41) is 11.6.